The number of hydrogen-bond donors (Lipinski definition) is 0. The smallest absolute Gasteiger partial charge is 0.356 e. The number of para-hydroxylation sites is 1. The minimum Gasteiger partial charge on any atom is -0.464 e. The summed E-state index contributed by atoms with van der Waals surface area (Å²) in [6.45, 7) is 4.16. The van der Waals surface area contributed by atoms with E-state index in [1.807, 2.05) is 18.2 Å². The Balaban J connectivity index is 2.76. The SMILES string of the molecule is COC(=O)c1cc(Cl)c2cccc(C(C)C)c2n1. The molecule has 0 N–H and O–H groups in total. The van der Waals surface area contributed by atoms with E-state index in [2.05, 4.69) is 23.6 Å². The number of ether oxygens (including phenoxy) is 1. The van der Waals surface area contributed by atoms with Crippen LogP contribution in [0.1, 0.15) is 35.8 Å². The fraction of sp³-hybridized carbons (Fsp3) is 0.286. The van der Waals surface area contributed by atoms with Crippen molar-refractivity contribution in [2.75, 3.05) is 7.11 Å². The lowest BCUT2D eigenvalue weighted by atomic mass is 9.99. The van der Waals surface area contributed by atoms with E-state index in [1.165, 1.54) is 7.11 Å². The van der Waals surface area contributed by atoms with Gasteiger partial charge in [0.1, 0.15) is 0 Å². The quantitative estimate of drug-likeness (QED) is 0.774. The number of esters is 1. The Morgan fingerprint density at radius 3 is 2.72 bits per heavy atom. The molecule has 94 valence electrons. The van der Waals surface area contributed by atoms with Crippen LogP contribution in [-0.4, -0.2) is 18.1 Å². The first-order chi connectivity index (χ1) is 8.54. The van der Waals surface area contributed by atoms with Gasteiger partial charge in [0.2, 0.25) is 0 Å². The molecular weight excluding hydrogens is 250 g/mol. The van der Waals surface area contributed by atoms with Gasteiger partial charge in [-0.3, -0.25) is 0 Å². The topological polar surface area (TPSA) is 39.2 Å². The van der Waals surface area contributed by atoms with Gasteiger partial charge in [0, 0.05) is 5.39 Å². The van der Waals surface area contributed by atoms with Gasteiger partial charge in [-0.25, -0.2) is 9.78 Å². The largest absolute Gasteiger partial charge is 0.464 e. The van der Waals surface area contributed by atoms with Gasteiger partial charge in [-0.05, 0) is 17.5 Å². The summed E-state index contributed by atoms with van der Waals surface area (Å²) in [5.74, 6) is -0.164. The molecule has 1 aromatic heterocycles. The maximum atomic E-state index is 11.5. The van der Waals surface area contributed by atoms with Crippen molar-refractivity contribution in [1.29, 1.82) is 0 Å². The van der Waals surface area contributed by atoms with Crippen molar-refractivity contribution in [2.45, 2.75) is 19.8 Å². The molecule has 0 atom stereocenters. The molecule has 0 amide bonds. The third-order valence-corrected chi connectivity index (χ3v) is 3.15. The summed E-state index contributed by atoms with van der Waals surface area (Å²) in [5.41, 5.74) is 2.07. The molecule has 0 fully saturated rings. The molecule has 0 saturated carbocycles. The molecule has 0 saturated heterocycles. The van der Waals surface area contributed by atoms with Crippen molar-refractivity contribution in [1.82, 2.24) is 4.98 Å². The van der Waals surface area contributed by atoms with Gasteiger partial charge in [-0.15, -0.1) is 0 Å². The number of rotatable bonds is 2. The van der Waals surface area contributed by atoms with Crippen molar-refractivity contribution in [2.24, 2.45) is 0 Å². The fourth-order valence-electron chi connectivity index (χ4n) is 1.90. The zero-order valence-corrected chi connectivity index (χ0v) is 11.3. The number of aromatic nitrogens is 1. The molecule has 1 aromatic carbocycles. The Hall–Kier alpha value is -1.61. The van der Waals surface area contributed by atoms with Crippen LogP contribution in [0.2, 0.25) is 5.02 Å². The van der Waals surface area contributed by atoms with E-state index in [-0.39, 0.29) is 5.69 Å². The molecule has 0 aliphatic carbocycles. The summed E-state index contributed by atoms with van der Waals surface area (Å²) in [4.78, 5) is 15.9. The van der Waals surface area contributed by atoms with Gasteiger partial charge >= 0.3 is 5.97 Å². The third kappa shape index (κ3) is 2.18. The van der Waals surface area contributed by atoms with Gasteiger partial charge in [0.05, 0.1) is 17.6 Å². The van der Waals surface area contributed by atoms with Crippen LogP contribution in [0.5, 0.6) is 0 Å². The Bertz CT molecular complexity index is 608. The van der Waals surface area contributed by atoms with Crippen LogP contribution in [0.15, 0.2) is 24.3 Å². The van der Waals surface area contributed by atoms with Gasteiger partial charge in [-0.1, -0.05) is 43.6 Å². The molecule has 1 heterocycles. The van der Waals surface area contributed by atoms with E-state index >= 15 is 0 Å². The van der Waals surface area contributed by atoms with Crippen LogP contribution in [0.4, 0.5) is 0 Å². The monoisotopic (exact) mass is 263 g/mol. The molecule has 2 aromatic rings. The first kappa shape index (κ1) is 12.8. The summed E-state index contributed by atoms with van der Waals surface area (Å²) in [7, 11) is 1.33. The summed E-state index contributed by atoms with van der Waals surface area (Å²) >= 11 is 6.19. The number of carbonyl (C=O) groups excluding carboxylic acids is 1. The van der Waals surface area contributed by atoms with Gasteiger partial charge in [0.25, 0.3) is 0 Å². The second-order valence-corrected chi connectivity index (χ2v) is 4.79. The molecule has 3 nitrogen and oxygen atoms in total. The van der Waals surface area contributed by atoms with Gasteiger partial charge < -0.3 is 4.74 Å². The average molecular weight is 264 g/mol. The molecular formula is C14H14ClNO2. The highest BCUT2D eigenvalue weighted by Gasteiger charge is 2.14. The predicted octanol–water partition coefficient (Wildman–Crippen LogP) is 3.80. The Morgan fingerprint density at radius 1 is 1.39 bits per heavy atom. The Morgan fingerprint density at radius 2 is 2.11 bits per heavy atom. The maximum Gasteiger partial charge on any atom is 0.356 e. The van der Waals surface area contributed by atoms with E-state index in [4.69, 9.17) is 11.6 Å². The summed E-state index contributed by atoms with van der Waals surface area (Å²) in [6, 6.07) is 7.39. The van der Waals surface area contributed by atoms with Crippen molar-refractivity contribution >= 4 is 28.5 Å². The second-order valence-electron chi connectivity index (χ2n) is 4.38. The lowest BCUT2D eigenvalue weighted by molar-refractivity contribution is 0.0594. The molecule has 0 radical (unpaired) electrons. The highest BCUT2D eigenvalue weighted by atomic mass is 35.5. The van der Waals surface area contributed by atoms with Crippen LogP contribution in [0.25, 0.3) is 10.9 Å². The minimum absolute atomic E-state index is 0.239. The molecule has 0 unspecified atom stereocenters. The zero-order chi connectivity index (χ0) is 13.3. The van der Waals surface area contributed by atoms with Crippen LogP contribution in [0, 0.1) is 0 Å². The summed E-state index contributed by atoms with van der Waals surface area (Å²) in [5, 5.41) is 1.37. The molecule has 2 rings (SSSR count). The van der Waals surface area contributed by atoms with Crippen LogP contribution >= 0.6 is 11.6 Å². The predicted molar refractivity (Wildman–Crippen MR) is 72.2 cm³/mol. The second kappa shape index (κ2) is 4.94. The minimum atomic E-state index is -0.475. The molecule has 0 aliphatic rings. The molecule has 4 heteroatoms. The standard InChI is InChI=1S/C14H14ClNO2/c1-8(2)9-5-4-6-10-11(15)7-12(14(17)18-3)16-13(9)10/h4-8H,1-3H3. The van der Waals surface area contributed by atoms with Gasteiger partial charge in [0.15, 0.2) is 5.69 Å². The highest BCUT2D eigenvalue weighted by Crippen LogP contribution is 2.29. The van der Waals surface area contributed by atoms with Gasteiger partial charge in [-0.2, -0.15) is 0 Å². The fourth-order valence-corrected chi connectivity index (χ4v) is 2.16. The maximum absolute atomic E-state index is 11.5. The van der Waals surface area contributed by atoms with E-state index in [0.29, 0.717) is 10.9 Å². The van der Waals surface area contributed by atoms with E-state index < -0.39 is 5.97 Å². The number of carbonyl (C=O) groups is 1. The van der Waals surface area contributed by atoms with Crippen LogP contribution in [-0.2, 0) is 4.74 Å². The van der Waals surface area contributed by atoms with Crippen LogP contribution in [0.3, 0.4) is 0 Å². The molecule has 18 heavy (non-hydrogen) atoms. The molecule has 0 bridgehead atoms. The number of benzene rings is 1. The number of halogens is 1. The molecule has 0 spiro atoms. The van der Waals surface area contributed by atoms with E-state index in [9.17, 15) is 4.79 Å². The lowest BCUT2D eigenvalue weighted by Crippen LogP contribution is -2.05. The number of hydrogen-bond acceptors (Lipinski definition) is 3. The van der Waals surface area contributed by atoms with E-state index in [0.717, 1.165) is 16.5 Å². The number of methoxy groups -OCH3 is 1. The zero-order valence-electron chi connectivity index (χ0n) is 10.5. The van der Waals surface area contributed by atoms with Crippen molar-refractivity contribution in [3.05, 3.63) is 40.5 Å². The number of pyridine rings is 1. The average Bonchev–Trinajstić information content (AvgIpc) is 2.36. The number of fused-ring (bicyclic) bond motifs is 1. The third-order valence-electron chi connectivity index (χ3n) is 2.84. The van der Waals surface area contributed by atoms with Crippen molar-refractivity contribution in [3.63, 3.8) is 0 Å². The summed E-state index contributed by atoms with van der Waals surface area (Å²) in [6.07, 6.45) is 0. The number of nitrogens with zero attached hydrogens (tertiary/aromatic N) is 1. The first-order valence-electron chi connectivity index (χ1n) is 5.72. The molecule has 0 aliphatic heterocycles. The lowest BCUT2D eigenvalue weighted by Gasteiger charge is -2.11. The van der Waals surface area contributed by atoms with Crippen molar-refractivity contribution in [3.8, 4) is 0 Å². The normalized spacial score (nSPS) is 10.9. The summed E-state index contributed by atoms with van der Waals surface area (Å²) < 4.78 is 4.68. The van der Waals surface area contributed by atoms with Crippen molar-refractivity contribution < 1.29 is 9.53 Å². The first-order valence-corrected chi connectivity index (χ1v) is 6.10. The van der Waals surface area contributed by atoms with E-state index in [1.54, 1.807) is 6.07 Å². The highest BCUT2D eigenvalue weighted by molar-refractivity contribution is 6.35. The van der Waals surface area contributed by atoms with Crippen LogP contribution < -0.4 is 0 Å². The Kier molecular flexibility index (Phi) is 3.53. The Labute approximate surface area is 111 Å².